The van der Waals surface area contributed by atoms with Crippen LogP contribution < -0.4 is 16.8 Å². The van der Waals surface area contributed by atoms with E-state index in [1.54, 1.807) is 36.4 Å². The highest BCUT2D eigenvalue weighted by atomic mass is 32.2. The molecular weight excluding hydrogens is 418 g/mol. The molecule has 1 aliphatic rings. The van der Waals surface area contributed by atoms with Gasteiger partial charge in [-0.05, 0) is 30.3 Å². The van der Waals surface area contributed by atoms with Gasteiger partial charge in [-0.1, -0.05) is 38.1 Å². The number of nitrogen functional groups attached to an aromatic ring is 2. The Labute approximate surface area is 179 Å². The van der Waals surface area contributed by atoms with Gasteiger partial charge in [-0.15, -0.1) is 0 Å². The molecule has 0 amide bonds. The second-order valence-corrected chi connectivity index (χ2v) is 7.90. The van der Waals surface area contributed by atoms with Crippen molar-refractivity contribution in [2.75, 3.05) is 16.8 Å². The maximum Gasteiger partial charge on any atom is 0.296 e. The van der Waals surface area contributed by atoms with Crippen molar-refractivity contribution in [3.63, 3.8) is 0 Å². The highest BCUT2D eigenvalue weighted by molar-refractivity contribution is 7.86. The van der Waals surface area contributed by atoms with Crippen molar-refractivity contribution in [1.82, 2.24) is 0 Å². The molecule has 0 spiro atoms. The number of hydrogen-bond acceptors (Lipinski definition) is 7. The molecule has 8 nitrogen and oxygen atoms in total. The van der Waals surface area contributed by atoms with Crippen molar-refractivity contribution >= 4 is 44.4 Å². The van der Waals surface area contributed by atoms with Gasteiger partial charge in [0.25, 0.3) is 10.1 Å². The zero-order valence-electron chi connectivity index (χ0n) is 16.8. The maximum absolute atomic E-state index is 13.2. The number of nitrogens with two attached hydrogens (primary N) is 2. The van der Waals surface area contributed by atoms with E-state index in [4.69, 9.17) is 11.5 Å². The van der Waals surface area contributed by atoms with E-state index in [0.717, 1.165) is 6.07 Å². The van der Waals surface area contributed by atoms with Crippen LogP contribution in [0.15, 0.2) is 59.5 Å². The predicted molar refractivity (Wildman–Crippen MR) is 119 cm³/mol. The average molecular weight is 439 g/mol. The molecule has 0 saturated carbocycles. The first-order valence-electron chi connectivity index (χ1n) is 9.43. The van der Waals surface area contributed by atoms with Crippen LogP contribution in [0.1, 0.15) is 45.7 Å². The number of carbonyl (C=O) groups excluding carboxylic acids is 2. The van der Waals surface area contributed by atoms with E-state index in [1.165, 1.54) is 12.1 Å². The molecular formula is C22H21N3O5S. The van der Waals surface area contributed by atoms with E-state index in [0.29, 0.717) is 11.4 Å². The number of rotatable bonds is 3. The zero-order valence-corrected chi connectivity index (χ0v) is 17.7. The smallest absolute Gasteiger partial charge is 0.296 e. The number of hydrogen-bond donors (Lipinski definition) is 4. The maximum atomic E-state index is 13.2. The number of benzene rings is 3. The number of carbonyl (C=O) groups is 2. The van der Waals surface area contributed by atoms with E-state index in [2.05, 4.69) is 5.32 Å². The standard InChI is InChI=1S/C20H15N3O5S.C2H6/c21-10-5-7-11(8-6-10)23-14-9-15(29(26,27)28)18(22)17-16(14)19(24)12-3-1-2-4-13(12)20(17)25;1-2/h1-9,23H,21-22H2,(H,26,27,28);1-2H3. The Morgan fingerprint density at radius 1 is 0.839 bits per heavy atom. The normalized spacial score (nSPS) is 12.4. The Hall–Kier alpha value is -3.69. The third-order valence-corrected chi connectivity index (χ3v) is 5.56. The van der Waals surface area contributed by atoms with Gasteiger partial charge >= 0.3 is 0 Å². The largest absolute Gasteiger partial charge is 0.399 e. The molecule has 3 aromatic rings. The number of ketones is 2. The SMILES string of the molecule is CC.Nc1ccc(Nc2cc(S(=O)(=O)O)c(N)c3c2C(=O)c2ccccc2C3=O)cc1. The van der Waals surface area contributed by atoms with E-state index in [1.807, 2.05) is 13.8 Å². The zero-order chi connectivity index (χ0) is 22.9. The first-order valence-corrected chi connectivity index (χ1v) is 10.9. The molecule has 160 valence electrons. The van der Waals surface area contributed by atoms with Gasteiger partial charge in [-0.25, -0.2) is 0 Å². The van der Waals surface area contributed by atoms with Gasteiger partial charge in [0.2, 0.25) is 0 Å². The average Bonchev–Trinajstić information content (AvgIpc) is 2.75. The van der Waals surface area contributed by atoms with Gasteiger partial charge in [0.15, 0.2) is 11.6 Å². The third-order valence-electron chi connectivity index (χ3n) is 4.67. The molecule has 6 N–H and O–H groups in total. The predicted octanol–water partition coefficient (Wildman–Crippen LogP) is 3.64. The van der Waals surface area contributed by atoms with Crippen LogP contribution in [0.4, 0.5) is 22.7 Å². The summed E-state index contributed by atoms with van der Waals surface area (Å²) >= 11 is 0. The molecule has 4 rings (SSSR count). The summed E-state index contributed by atoms with van der Waals surface area (Å²) in [4.78, 5) is 25.5. The first-order chi connectivity index (χ1) is 14.7. The van der Waals surface area contributed by atoms with Crippen LogP contribution in [0.25, 0.3) is 0 Å². The van der Waals surface area contributed by atoms with E-state index in [-0.39, 0.29) is 27.9 Å². The van der Waals surface area contributed by atoms with E-state index < -0.39 is 32.3 Å². The van der Waals surface area contributed by atoms with E-state index >= 15 is 0 Å². The van der Waals surface area contributed by atoms with Crippen LogP contribution in [0.2, 0.25) is 0 Å². The molecule has 31 heavy (non-hydrogen) atoms. The van der Waals surface area contributed by atoms with Gasteiger partial charge in [0.1, 0.15) is 4.90 Å². The summed E-state index contributed by atoms with van der Waals surface area (Å²) < 4.78 is 33.3. The lowest BCUT2D eigenvalue weighted by Gasteiger charge is -2.23. The minimum atomic E-state index is -4.76. The second kappa shape index (κ2) is 8.21. The van der Waals surface area contributed by atoms with Crippen LogP contribution in [-0.4, -0.2) is 24.5 Å². The molecule has 0 unspecified atom stereocenters. The Kier molecular flexibility index (Phi) is 5.83. The van der Waals surface area contributed by atoms with Gasteiger partial charge in [-0.2, -0.15) is 8.42 Å². The van der Waals surface area contributed by atoms with Crippen LogP contribution in [0.5, 0.6) is 0 Å². The van der Waals surface area contributed by atoms with Crippen LogP contribution in [0.3, 0.4) is 0 Å². The van der Waals surface area contributed by atoms with Crippen LogP contribution >= 0.6 is 0 Å². The van der Waals surface area contributed by atoms with Gasteiger partial charge in [-0.3, -0.25) is 14.1 Å². The Morgan fingerprint density at radius 2 is 1.35 bits per heavy atom. The highest BCUT2D eigenvalue weighted by Crippen LogP contribution is 2.40. The topological polar surface area (TPSA) is 153 Å². The molecule has 0 bridgehead atoms. The Balaban J connectivity index is 0.00000132. The summed E-state index contributed by atoms with van der Waals surface area (Å²) in [5.74, 6) is -1.08. The fourth-order valence-corrected chi connectivity index (χ4v) is 3.97. The van der Waals surface area contributed by atoms with Gasteiger partial charge < -0.3 is 16.8 Å². The van der Waals surface area contributed by atoms with Crippen molar-refractivity contribution in [3.05, 3.63) is 76.9 Å². The number of fused-ring (bicyclic) bond motifs is 2. The lowest BCUT2D eigenvalue weighted by molar-refractivity contribution is 0.0980. The van der Waals surface area contributed by atoms with Crippen molar-refractivity contribution in [2.24, 2.45) is 0 Å². The molecule has 0 aromatic heterocycles. The summed E-state index contributed by atoms with van der Waals surface area (Å²) in [6.45, 7) is 4.00. The third kappa shape index (κ3) is 3.88. The monoisotopic (exact) mass is 439 g/mol. The van der Waals surface area contributed by atoms with Crippen molar-refractivity contribution < 1.29 is 22.6 Å². The molecule has 0 fully saturated rings. The summed E-state index contributed by atoms with van der Waals surface area (Å²) in [6, 6.07) is 13.7. The molecule has 0 saturated heterocycles. The number of nitrogens with one attached hydrogen (secondary N) is 1. The molecule has 0 atom stereocenters. The van der Waals surface area contributed by atoms with Crippen molar-refractivity contribution in [2.45, 2.75) is 18.7 Å². The first kappa shape index (κ1) is 22.0. The van der Waals surface area contributed by atoms with Crippen molar-refractivity contribution in [3.8, 4) is 0 Å². The molecule has 3 aromatic carbocycles. The molecule has 1 aliphatic carbocycles. The summed E-state index contributed by atoms with van der Waals surface area (Å²) in [5, 5.41) is 2.92. The summed E-state index contributed by atoms with van der Waals surface area (Å²) in [5.41, 5.74) is 12.1. The molecule has 0 heterocycles. The highest BCUT2D eigenvalue weighted by Gasteiger charge is 2.36. The van der Waals surface area contributed by atoms with Gasteiger partial charge in [0, 0.05) is 22.5 Å². The lowest BCUT2D eigenvalue weighted by Crippen LogP contribution is -2.25. The lowest BCUT2D eigenvalue weighted by atomic mass is 9.82. The van der Waals surface area contributed by atoms with Crippen molar-refractivity contribution in [1.29, 1.82) is 0 Å². The summed E-state index contributed by atoms with van der Waals surface area (Å²) in [7, 11) is -4.76. The fraction of sp³-hybridized carbons (Fsp3) is 0.0909. The quantitative estimate of drug-likeness (QED) is 0.279. The van der Waals surface area contributed by atoms with E-state index in [9.17, 15) is 22.6 Å². The second-order valence-electron chi connectivity index (χ2n) is 6.51. The molecule has 0 radical (unpaired) electrons. The molecule has 9 heteroatoms. The summed E-state index contributed by atoms with van der Waals surface area (Å²) in [6.07, 6.45) is 0. The minimum Gasteiger partial charge on any atom is -0.399 e. The van der Waals surface area contributed by atoms with Crippen LogP contribution in [-0.2, 0) is 10.1 Å². The number of anilines is 4. The fourth-order valence-electron chi connectivity index (χ4n) is 3.33. The Bertz CT molecular complexity index is 1300. The minimum absolute atomic E-state index is 0.0273. The Morgan fingerprint density at radius 3 is 1.87 bits per heavy atom. The van der Waals surface area contributed by atoms with Gasteiger partial charge in [0.05, 0.1) is 22.5 Å². The van der Waals surface area contributed by atoms with Crippen LogP contribution in [0, 0.1) is 0 Å². The molecule has 0 aliphatic heterocycles.